The minimum absolute atomic E-state index is 0.114. The van der Waals surface area contributed by atoms with Crippen molar-refractivity contribution in [1.29, 1.82) is 0 Å². The summed E-state index contributed by atoms with van der Waals surface area (Å²) < 4.78 is 0. The standard InChI is InChI=1S/C61H55N/c1-59(2)56-34-41(40-13-5-3-6-14-40)19-23-49(56)50-24-20-45(36-57(50)59)62(44-22-26-54-52(35-44)48-16-7-9-17-53(48)60(54)27-11-4-12-28-60)46-21-25-51-47-15-8-10-18-55(47)61(58(51)37-46)42-30-38-29-39(32-42)33-43(61)31-38/h3,5-10,13-26,34-39,42-43H,4,11-12,27-33H2,1-2H3. The van der Waals surface area contributed by atoms with Crippen LogP contribution < -0.4 is 4.90 Å². The van der Waals surface area contributed by atoms with Crippen LogP contribution in [0.3, 0.4) is 0 Å². The molecule has 62 heavy (non-hydrogen) atoms. The van der Waals surface area contributed by atoms with Crippen LogP contribution in [0.25, 0.3) is 44.5 Å². The third-order valence-corrected chi connectivity index (χ3v) is 18.0. The third-order valence-electron chi connectivity index (χ3n) is 18.0. The van der Waals surface area contributed by atoms with E-state index in [1.165, 1.54) is 137 Å². The first kappa shape index (κ1) is 35.9. The molecular formula is C61H55N. The van der Waals surface area contributed by atoms with Gasteiger partial charge >= 0.3 is 0 Å². The van der Waals surface area contributed by atoms with Crippen LogP contribution in [0.1, 0.15) is 111 Å². The summed E-state index contributed by atoms with van der Waals surface area (Å²) in [5.74, 6) is 3.30. The van der Waals surface area contributed by atoms with Crippen molar-refractivity contribution in [2.24, 2.45) is 23.7 Å². The van der Waals surface area contributed by atoms with Crippen LogP contribution in [-0.2, 0) is 16.2 Å². The Morgan fingerprint density at radius 1 is 0.387 bits per heavy atom. The van der Waals surface area contributed by atoms with Crippen LogP contribution in [-0.4, -0.2) is 0 Å². The number of nitrogens with zero attached hydrogens (tertiary/aromatic N) is 1. The SMILES string of the molecule is CC1(C)c2cc(-c3ccccc3)ccc2-c2ccc(N(c3ccc4c(c3)-c3ccccc3C43CCCCC3)c3ccc4c(c3)C3(c5ccccc5-4)C4CC5CC(C4)CC3C5)cc21. The van der Waals surface area contributed by atoms with E-state index >= 15 is 0 Å². The minimum atomic E-state index is -0.147. The fourth-order valence-electron chi connectivity index (χ4n) is 15.7. The van der Waals surface area contributed by atoms with Gasteiger partial charge in [0.25, 0.3) is 0 Å². The van der Waals surface area contributed by atoms with E-state index in [1.807, 2.05) is 0 Å². The highest BCUT2D eigenvalue weighted by molar-refractivity contribution is 5.92. The van der Waals surface area contributed by atoms with Crippen molar-refractivity contribution >= 4 is 17.1 Å². The number of benzene rings is 7. The molecule has 304 valence electrons. The van der Waals surface area contributed by atoms with Gasteiger partial charge in [-0.1, -0.05) is 142 Å². The predicted molar refractivity (Wildman–Crippen MR) is 257 cm³/mol. The molecule has 0 aromatic heterocycles. The average Bonchev–Trinajstić information content (AvgIpc) is 3.84. The molecule has 0 amide bonds. The van der Waals surface area contributed by atoms with Gasteiger partial charge in [-0.15, -0.1) is 0 Å². The van der Waals surface area contributed by atoms with Gasteiger partial charge in [-0.05, 0) is 189 Å². The maximum Gasteiger partial charge on any atom is 0.0468 e. The molecule has 8 aliphatic carbocycles. The molecule has 0 saturated heterocycles. The van der Waals surface area contributed by atoms with Crippen molar-refractivity contribution in [2.75, 3.05) is 4.90 Å². The number of hydrogen-bond donors (Lipinski definition) is 0. The molecular weight excluding hydrogens is 747 g/mol. The van der Waals surface area contributed by atoms with Gasteiger partial charge in [-0.2, -0.15) is 0 Å². The van der Waals surface area contributed by atoms with Crippen molar-refractivity contribution in [3.05, 3.63) is 185 Å². The summed E-state index contributed by atoms with van der Waals surface area (Å²) in [6, 6.07) is 59.8. The molecule has 5 fully saturated rings. The lowest BCUT2D eigenvalue weighted by Gasteiger charge is -2.61. The zero-order chi connectivity index (χ0) is 41.0. The zero-order valence-electron chi connectivity index (χ0n) is 36.3. The maximum absolute atomic E-state index is 2.70. The highest BCUT2D eigenvalue weighted by atomic mass is 15.1. The lowest BCUT2D eigenvalue weighted by atomic mass is 9.43. The Morgan fingerprint density at radius 3 is 1.61 bits per heavy atom. The van der Waals surface area contributed by atoms with Gasteiger partial charge in [-0.25, -0.2) is 0 Å². The normalized spacial score (nSPS) is 25.6. The molecule has 0 unspecified atom stereocenters. The van der Waals surface area contributed by atoms with Gasteiger partial charge in [0.2, 0.25) is 0 Å². The molecule has 5 saturated carbocycles. The molecule has 7 aromatic rings. The summed E-state index contributed by atoms with van der Waals surface area (Å²) in [5.41, 5.74) is 24.3. The second-order valence-electron chi connectivity index (χ2n) is 21.2. The first-order valence-electron chi connectivity index (χ1n) is 24.1. The van der Waals surface area contributed by atoms with Crippen LogP contribution in [0.15, 0.2) is 152 Å². The highest BCUT2D eigenvalue weighted by Gasteiger charge is 2.61. The predicted octanol–water partition coefficient (Wildman–Crippen LogP) is 16.1. The lowest BCUT2D eigenvalue weighted by molar-refractivity contribution is -0.0399. The summed E-state index contributed by atoms with van der Waals surface area (Å²) in [5, 5.41) is 0. The lowest BCUT2D eigenvalue weighted by Crippen LogP contribution is -2.55. The fourth-order valence-corrected chi connectivity index (χ4v) is 15.7. The van der Waals surface area contributed by atoms with Crippen molar-refractivity contribution in [1.82, 2.24) is 0 Å². The fraction of sp³-hybridized carbons (Fsp3) is 0.311. The number of anilines is 3. The molecule has 0 radical (unpaired) electrons. The quantitative estimate of drug-likeness (QED) is 0.171. The van der Waals surface area contributed by atoms with E-state index in [0.29, 0.717) is 0 Å². The number of rotatable bonds is 4. The molecule has 2 spiro atoms. The summed E-state index contributed by atoms with van der Waals surface area (Å²) in [4.78, 5) is 2.65. The monoisotopic (exact) mass is 801 g/mol. The largest absolute Gasteiger partial charge is 0.310 e. The summed E-state index contributed by atoms with van der Waals surface area (Å²) in [6.45, 7) is 4.89. The molecule has 7 aromatic carbocycles. The van der Waals surface area contributed by atoms with Crippen LogP contribution >= 0.6 is 0 Å². The van der Waals surface area contributed by atoms with E-state index < -0.39 is 0 Å². The molecule has 0 aliphatic heterocycles. The number of hydrogen-bond acceptors (Lipinski definition) is 1. The Balaban J connectivity index is 0.966. The molecule has 0 N–H and O–H groups in total. The Morgan fingerprint density at radius 2 is 0.903 bits per heavy atom. The summed E-state index contributed by atoms with van der Waals surface area (Å²) in [6.07, 6.45) is 13.5. The van der Waals surface area contributed by atoms with E-state index in [0.717, 1.165) is 23.7 Å². The van der Waals surface area contributed by atoms with Gasteiger partial charge in [0.05, 0.1) is 0 Å². The summed E-state index contributed by atoms with van der Waals surface area (Å²) >= 11 is 0. The van der Waals surface area contributed by atoms with Gasteiger partial charge in [-0.3, -0.25) is 0 Å². The van der Waals surface area contributed by atoms with Crippen molar-refractivity contribution in [3.8, 4) is 44.5 Å². The average molecular weight is 802 g/mol. The second-order valence-corrected chi connectivity index (χ2v) is 21.2. The Hall–Kier alpha value is -5.66. The highest BCUT2D eigenvalue weighted by Crippen LogP contribution is 2.70. The molecule has 1 nitrogen and oxygen atoms in total. The Kier molecular flexibility index (Phi) is 7.36. The van der Waals surface area contributed by atoms with Gasteiger partial charge in [0.15, 0.2) is 0 Å². The van der Waals surface area contributed by atoms with Crippen LogP contribution in [0.5, 0.6) is 0 Å². The molecule has 0 atom stereocenters. The Bertz CT molecular complexity index is 2970. The van der Waals surface area contributed by atoms with E-state index in [9.17, 15) is 0 Å². The van der Waals surface area contributed by atoms with E-state index in [1.54, 1.807) is 22.3 Å². The molecule has 1 heteroatoms. The minimum Gasteiger partial charge on any atom is -0.310 e. The molecule has 15 rings (SSSR count). The van der Waals surface area contributed by atoms with Crippen molar-refractivity contribution < 1.29 is 0 Å². The molecule has 4 bridgehead atoms. The van der Waals surface area contributed by atoms with E-state index in [-0.39, 0.29) is 16.2 Å². The van der Waals surface area contributed by atoms with Gasteiger partial charge < -0.3 is 4.90 Å². The van der Waals surface area contributed by atoms with Crippen molar-refractivity contribution in [2.45, 2.75) is 94.3 Å². The van der Waals surface area contributed by atoms with Crippen LogP contribution in [0, 0.1) is 23.7 Å². The van der Waals surface area contributed by atoms with Gasteiger partial charge in [0, 0.05) is 33.3 Å². The smallest absolute Gasteiger partial charge is 0.0468 e. The van der Waals surface area contributed by atoms with Gasteiger partial charge in [0.1, 0.15) is 0 Å². The van der Waals surface area contributed by atoms with Crippen LogP contribution in [0.4, 0.5) is 17.1 Å². The molecule has 0 heterocycles. The number of fused-ring (bicyclic) bond motifs is 11. The van der Waals surface area contributed by atoms with E-state index in [4.69, 9.17) is 0 Å². The first-order chi connectivity index (χ1) is 30.4. The second kappa shape index (κ2) is 12.7. The van der Waals surface area contributed by atoms with E-state index in [2.05, 4.69) is 170 Å². The third kappa shape index (κ3) is 4.65. The first-order valence-corrected chi connectivity index (χ1v) is 24.1. The molecule has 8 aliphatic rings. The van der Waals surface area contributed by atoms with Crippen LogP contribution in [0.2, 0.25) is 0 Å². The summed E-state index contributed by atoms with van der Waals surface area (Å²) in [7, 11) is 0. The topological polar surface area (TPSA) is 3.24 Å². The Labute approximate surface area is 367 Å². The maximum atomic E-state index is 2.70. The zero-order valence-corrected chi connectivity index (χ0v) is 36.3. The van der Waals surface area contributed by atoms with Crippen molar-refractivity contribution in [3.63, 3.8) is 0 Å².